The molecule has 1 heterocycles. The second kappa shape index (κ2) is 8.06. The number of nitrogens with one attached hydrogen (secondary N) is 1. The lowest BCUT2D eigenvalue weighted by Crippen LogP contribution is -2.31. The summed E-state index contributed by atoms with van der Waals surface area (Å²) in [7, 11) is 0. The molecule has 134 valence electrons. The highest BCUT2D eigenvalue weighted by Crippen LogP contribution is 2.24. The van der Waals surface area contributed by atoms with Crippen LogP contribution in [0.15, 0.2) is 54.2 Å². The molecular formula is C20H19ClN2O3. The lowest BCUT2D eigenvalue weighted by Gasteiger charge is -2.10. The van der Waals surface area contributed by atoms with Gasteiger partial charge >= 0.3 is 6.03 Å². The van der Waals surface area contributed by atoms with Gasteiger partial charge in [0.1, 0.15) is 18.1 Å². The zero-order valence-corrected chi connectivity index (χ0v) is 15.1. The van der Waals surface area contributed by atoms with Crippen LogP contribution in [0.25, 0.3) is 6.08 Å². The minimum Gasteiger partial charge on any atom is -0.488 e. The molecule has 0 unspecified atom stereocenters. The Hall–Kier alpha value is -2.79. The van der Waals surface area contributed by atoms with Gasteiger partial charge in [0.05, 0.1) is 0 Å². The molecule has 1 fully saturated rings. The number of carbonyl (C=O) groups is 2. The van der Waals surface area contributed by atoms with E-state index in [1.165, 1.54) is 4.90 Å². The molecule has 1 aliphatic rings. The van der Waals surface area contributed by atoms with E-state index in [0.717, 1.165) is 11.1 Å². The Balaban J connectivity index is 1.78. The first kappa shape index (κ1) is 18.0. The number of nitrogens with zero attached hydrogens (tertiary/aromatic N) is 1. The number of ether oxygens (including phenoxy) is 1. The van der Waals surface area contributed by atoms with Crippen molar-refractivity contribution in [3.05, 3.63) is 70.4 Å². The molecule has 2 aromatic carbocycles. The second-order valence-corrected chi connectivity index (χ2v) is 6.33. The van der Waals surface area contributed by atoms with Crippen LogP contribution in [0.3, 0.4) is 0 Å². The molecule has 0 aromatic heterocycles. The lowest BCUT2D eigenvalue weighted by atomic mass is 10.1. The Morgan fingerprint density at radius 3 is 2.58 bits per heavy atom. The quantitative estimate of drug-likeness (QED) is 0.611. The van der Waals surface area contributed by atoms with E-state index in [1.807, 2.05) is 55.5 Å². The number of hydrogen-bond acceptors (Lipinski definition) is 3. The van der Waals surface area contributed by atoms with Gasteiger partial charge in [0.2, 0.25) is 0 Å². The molecule has 0 atom stereocenters. The molecule has 3 rings (SSSR count). The Morgan fingerprint density at radius 2 is 1.85 bits per heavy atom. The molecular weight excluding hydrogens is 352 g/mol. The summed E-state index contributed by atoms with van der Waals surface area (Å²) in [4.78, 5) is 25.5. The molecule has 3 amide bonds. The number of carbonyl (C=O) groups excluding carboxylic acids is 2. The average Bonchev–Trinajstić information content (AvgIpc) is 2.90. The smallest absolute Gasteiger partial charge is 0.329 e. The molecule has 1 aliphatic heterocycles. The molecule has 1 N–H and O–H groups in total. The predicted octanol–water partition coefficient (Wildman–Crippen LogP) is 4.22. The van der Waals surface area contributed by atoms with Crippen molar-refractivity contribution in [3.8, 4) is 5.75 Å². The third kappa shape index (κ3) is 4.06. The molecule has 0 aliphatic carbocycles. The fourth-order valence-electron chi connectivity index (χ4n) is 2.63. The molecule has 0 radical (unpaired) electrons. The molecule has 1 saturated heterocycles. The van der Waals surface area contributed by atoms with E-state index >= 15 is 0 Å². The standard InChI is InChI=1S/C20H19ClN2O3/c1-2-11-23-19(24)17(22-20(23)25)12-15-5-3-4-6-18(15)26-13-14-7-9-16(21)10-8-14/h3-10,12H,2,11,13H2,1H3,(H,22,25)/b17-12+. The summed E-state index contributed by atoms with van der Waals surface area (Å²) < 4.78 is 5.88. The summed E-state index contributed by atoms with van der Waals surface area (Å²) in [5.41, 5.74) is 1.96. The van der Waals surface area contributed by atoms with Crippen LogP contribution >= 0.6 is 11.6 Å². The number of urea groups is 1. The van der Waals surface area contributed by atoms with Crippen molar-refractivity contribution in [2.24, 2.45) is 0 Å². The van der Waals surface area contributed by atoms with Crippen molar-refractivity contribution in [3.63, 3.8) is 0 Å². The van der Waals surface area contributed by atoms with Crippen LogP contribution in [0.4, 0.5) is 4.79 Å². The number of para-hydroxylation sites is 1. The fraction of sp³-hybridized carbons (Fsp3) is 0.200. The van der Waals surface area contributed by atoms with Gasteiger partial charge in [-0.3, -0.25) is 9.69 Å². The number of rotatable bonds is 6. The predicted molar refractivity (Wildman–Crippen MR) is 101 cm³/mol. The topological polar surface area (TPSA) is 58.6 Å². The van der Waals surface area contributed by atoms with Gasteiger partial charge < -0.3 is 10.1 Å². The zero-order valence-electron chi connectivity index (χ0n) is 14.4. The average molecular weight is 371 g/mol. The Morgan fingerprint density at radius 1 is 1.12 bits per heavy atom. The Labute approximate surface area is 157 Å². The largest absolute Gasteiger partial charge is 0.488 e. The monoisotopic (exact) mass is 370 g/mol. The summed E-state index contributed by atoms with van der Waals surface area (Å²) in [6, 6.07) is 14.4. The zero-order chi connectivity index (χ0) is 18.5. The molecule has 6 heteroatoms. The van der Waals surface area contributed by atoms with Gasteiger partial charge in [-0.1, -0.05) is 48.9 Å². The van der Waals surface area contributed by atoms with Crippen LogP contribution in [0.1, 0.15) is 24.5 Å². The van der Waals surface area contributed by atoms with E-state index in [4.69, 9.17) is 16.3 Å². The van der Waals surface area contributed by atoms with Crippen molar-refractivity contribution in [1.29, 1.82) is 0 Å². The highest BCUT2D eigenvalue weighted by Gasteiger charge is 2.32. The van der Waals surface area contributed by atoms with E-state index in [1.54, 1.807) is 6.08 Å². The van der Waals surface area contributed by atoms with Crippen molar-refractivity contribution in [2.45, 2.75) is 20.0 Å². The summed E-state index contributed by atoms with van der Waals surface area (Å²) in [6.07, 6.45) is 2.36. The van der Waals surface area contributed by atoms with Gasteiger partial charge in [-0.15, -0.1) is 0 Å². The highest BCUT2D eigenvalue weighted by atomic mass is 35.5. The SMILES string of the molecule is CCCN1C(=O)N/C(=C/c2ccccc2OCc2ccc(Cl)cc2)C1=O. The molecule has 0 spiro atoms. The second-order valence-electron chi connectivity index (χ2n) is 5.90. The molecule has 2 aromatic rings. The van der Waals surface area contributed by atoms with Gasteiger partial charge in [-0.2, -0.15) is 0 Å². The lowest BCUT2D eigenvalue weighted by molar-refractivity contribution is -0.122. The Kier molecular flexibility index (Phi) is 5.58. The summed E-state index contributed by atoms with van der Waals surface area (Å²) in [5, 5.41) is 3.29. The van der Waals surface area contributed by atoms with Crippen LogP contribution in [-0.2, 0) is 11.4 Å². The van der Waals surface area contributed by atoms with E-state index in [-0.39, 0.29) is 17.6 Å². The summed E-state index contributed by atoms with van der Waals surface area (Å²) in [5.74, 6) is 0.315. The first-order valence-electron chi connectivity index (χ1n) is 8.39. The number of amides is 3. The minimum absolute atomic E-state index is 0.256. The van der Waals surface area contributed by atoms with Crippen molar-refractivity contribution < 1.29 is 14.3 Å². The van der Waals surface area contributed by atoms with Crippen LogP contribution in [0.2, 0.25) is 5.02 Å². The maximum absolute atomic E-state index is 12.4. The molecule has 0 bridgehead atoms. The third-order valence-corrected chi connectivity index (χ3v) is 4.19. The maximum Gasteiger partial charge on any atom is 0.329 e. The first-order chi connectivity index (χ1) is 12.6. The van der Waals surface area contributed by atoms with Gasteiger partial charge in [-0.25, -0.2) is 4.79 Å². The normalized spacial score (nSPS) is 15.5. The van der Waals surface area contributed by atoms with Crippen LogP contribution in [-0.4, -0.2) is 23.4 Å². The van der Waals surface area contributed by atoms with E-state index in [0.29, 0.717) is 30.3 Å². The molecule has 0 saturated carbocycles. The van der Waals surface area contributed by atoms with E-state index < -0.39 is 0 Å². The van der Waals surface area contributed by atoms with Gasteiger partial charge in [0.15, 0.2) is 0 Å². The number of benzene rings is 2. The van der Waals surface area contributed by atoms with Gasteiger partial charge in [0.25, 0.3) is 5.91 Å². The van der Waals surface area contributed by atoms with Crippen LogP contribution in [0.5, 0.6) is 5.75 Å². The highest BCUT2D eigenvalue weighted by molar-refractivity contribution is 6.30. The third-order valence-electron chi connectivity index (χ3n) is 3.94. The number of imide groups is 1. The Bertz CT molecular complexity index is 846. The number of halogens is 1. The van der Waals surface area contributed by atoms with Crippen LogP contribution < -0.4 is 10.1 Å². The fourth-order valence-corrected chi connectivity index (χ4v) is 2.75. The summed E-state index contributed by atoms with van der Waals surface area (Å²) >= 11 is 5.89. The minimum atomic E-state index is -0.386. The molecule has 5 nitrogen and oxygen atoms in total. The van der Waals surface area contributed by atoms with Gasteiger partial charge in [0, 0.05) is 17.1 Å². The number of hydrogen-bond donors (Lipinski definition) is 1. The van der Waals surface area contributed by atoms with Crippen molar-refractivity contribution in [1.82, 2.24) is 10.2 Å². The maximum atomic E-state index is 12.4. The van der Waals surface area contributed by atoms with Crippen LogP contribution in [0, 0.1) is 0 Å². The van der Waals surface area contributed by atoms with E-state index in [9.17, 15) is 9.59 Å². The van der Waals surface area contributed by atoms with E-state index in [2.05, 4.69) is 5.32 Å². The van der Waals surface area contributed by atoms with Crippen molar-refractivity contribution >= 4 is 29.6 Å². The van der Waals surface area contributed by atoms with Crippen molar-refractivity contribution in [2.75, 3.05) is 6.54 Å². The summed E-state index contributed by atoms with van der Waals surface area (Å²) in [6.45, 7) is 2.69. The first-order valence-corrected chi connectivity index (χ1v) is 8.77. The molecule has 26 heavy (non-hydrogen) atoms. The van der Waals surface area contributed by atoms with Gasteiger partial charge in [-0.05, 0) is 36.3 Å².